The Bertz CT molecular complexity index is 690. The van der Waals surface area contributed by atoms with Crippen LogP contribution in [0.5, 0.6) is 17.2 Å². The van der Waals surface area contributed by atoms with Crippen LogP contribution in [0.15, 0.2) is 42.5 Å². The molecule has 0 aliphatic carbocycles. The van der Waals surface area contributed by atoms with Gasteiger partial charge in [-0.25, -0.2) is 0 Å². The molecule has 1 aliphatic heterocycles. The lowest BCUT2D eigenvalue weighted by molar-refractivity contribution is 0.238. The van der Waals surface area contributed by atoms with Gasteiger partial charge in [0.05, 0.1) is 21.3 Å². The molecule has 3 rings (SSSR count). The molecule has 1 heterocycles. The Morgan fingerprint density at radius 3 is 2.00 bits per heavy atom. The summed E-state index contributed by atoms with van der Waals surface area (Å²) in [6, 6.07) is 14.8. The summed E-state index contributed by atoms with van der Waals surface area (Å²) in [5, 5.41) is 3.62. The van der Waals surface area contributed by atoms with Crippen molar-refractivity contribution in [1.29, 1.82) is 0 Å². The van der Waals surface area contributed by atoms with E-state index in [1.54, 1.807) is 21.3 Å². The second-order valence-corrected chi connectivity index (χ2v) is 6.88. The number of likely N-dealkylation sites (tertiary alicyclic amines) is 1. The summed E-state index contributed by atoms with van der Waals surface area (Å²) in [5.41, 5.74) is 2.48. The maximum absolute atomic E-state index is 5.37. The number of nitrogens with zero attached hydrogens (tertiary/aromatic N) is 1. The molecule has 5 nitrogen and oxygen atoms in total. The Hall–Kier alpha value is -2.24. The van der Waals surface area contributed by atoms with Gasteiger partial charge in [-0.1, -0.05) is 12.1 Å². The predicted octanol–water partition coefficient (Wildman–Crippen LogP) is 3.64. The summed E-state index contributed by atoms with van der Waals surface area (Å²) in [6.45, 7) is 3.98. The van der Waals surface area contributed by atoms with E-state index in [2.05, 4.69) is 22.3 Å². The minimum Gasteiger partial charge on any atom is -0.497 e. The highest BCUT2D eigenvalue weighted by molar-refractivity contribution is 5.38. The molecule has 1 N–H and O–H groups in total. The molecule has 1 fully saturated rings. The first-order valence-corrected chi connectivity index (χ1v) is 9.54. The van der Waals surface area contributed by atoms with Gasteiger partial charge < -0.3 is 19.5 Å². The van der Waals surface area contributed by atoms with Gasteiger partial charge in [0.15, 0.2) is 0 Å². The van der Waals surface area contributed by atoms with Crippen molar-refractivity contribution in [3.8, 4) is 17.2 Å². The Morgan fingerprint density at radius 2 is 1.44 bits per heavy atom. The Balaban J connectivity index is 1.67. The van der Waals surface area contributed by atoms with Gasteiger partial charge in [0.25, 0.3) is 0 Å². The lowest BCUT2D eigenvalue weighted by Crippen LogP contribution is -2.34. The van der Waals surface area contributed by atoms with Crippen molar-refractivity contribution < 1.29 is 14.2 Å². The van der Waals surface area contributed by atoms with E-state index in [-0.39, 0.29) is 0 Å². The van der Waals surface area contributed by atoms with Crippen molar-refractivity contribution in [2.24, 2.45) is 0 Å². The van der Waals surface area contributed by atoms with E-state index < -0.39 is 0 Å². The molecular formula is C22H30N2O3. The van der Waals surface area contributed by atoms with Gasteiger partial charge in [-0.2, -0.15) is 0 Å². The van der Waals surface area contributed by atoms with Crippen LogP contribution in [0.3, 0.4) is 0 Å². The molecule has 2 aromatic carbocycles. The lowest BCUT2D eigenvalue weighted by Gasteiger charge is -2.28. The smallest absolute Gasteiger partial charge is 0.122 e. The van der Waals surface area contributed by atoms with Crippen LogP contribution < -0.4 is 19.5 Å². The highest BCUT2D eigenvalue weighted by Gasteiger charge is 2.23. The minimum atomic E-state index is 0.367. The third-order valence-electron chi connectivity index (χ3n) is 5.16. The normalized spacial score (nSPS) is 15.5. The van der Waals surface area contributed by atoms with Crippen molar-refractivity contribution in [3.05, 3.63) is 53.6 Å². The second kappa shape index (κ2) is 9.62. The van der Waals surface area contributed by atoms with Crippen LogP contribution in [0.2, 0.25) is 0 Å². The molecule has 0 spiro atoms. The zero-order chi connectivity index (χ0) is 19.1. The molecule has 0 saturated carbocycles. The van der Waals surface area contributed by atoms with Crippen molar-refractivity contribution >= 4 is 0 Å². The molecule has 1 atom stereocenters. The van der Waals surface area contributed by atoms with Gasteiger partial charge >= 0.3 is 0 Å². The summed E-state index contributed by atoms with van der Waals surface area (Å²) in [6.07, 6.45) is 2.56. The van der Waals surface area contributed by atoms with Crippen LogP contribution in [0.4, 0.5) is 0 Å². The van der Waals surface area contributed by atoms with E-state index in [4.69, 9.17) is 14.2 Å². The van der Waals surface area contributed by atoms with Gasteiger partial charge in [-0.05, 0) is 61.3 Å². The third kappa shape index (κ3) is 5.15. The number of nitrogens with one attached hydrogen (secondary N) is 1. The molecule has 0 unspecified atom stereocenters. The van der Waals surface area contributed by atoms with Crippen LogP contribution in [-0.4, -0.2) is 45.9 Å². The first-order valence-electron chi connectivity index (χ1n) is 9.54. The summed E-state index contributed by atoms with van der Waals surface area (Å²) < 4.78 is 16.0. The standard InChI is InChI=1S/C22H30N2O3/c1-25-19-8-6-18(7-9-19)22(24-10-4-5-11-24)16-23-15-17-12-20(26-2)14-21(13-17)27-3/h6-9,12-14,22-23H,4-5,10-11,15-16H2,1-3H3/t22-/m1/s1. The lowest BCUT2D eigenvalue weighted by atomic mass is 10.0. The average molecular weight is 370 g/mol. The zero-order valence-corrected chi connectivity index (χ0v) is 16.5. The zero-order valence-electron chi connectivity index (χ0n) is 16.5. The first kappa shape index (κ1) is 19.5. The van der Waals surface area contributed by atoms with Crippen LogP contribution >= 0.6 is 0 Å². The fourth-order valence-corrected chi connectivity index (χ4v) is 3.66. The highest BCUT2D eigenvalue weighted by Crippen LogP contribution is 2.27. The van der Waals surface area contributed by atoms with Gasteiger partial charge in [0, 0.05) is 25.2 Å². The molecule has 0 aromatic heterocycles. The van der Waals surface area contributed by atoms with Gasteiger partial charge in [-0.15, -0.1) is 0 Å². The van der Waals surface area contributed by atoms with E-state index >= 15 is 0 Å². The molecule has 1 aliphatic rings. The topological polar surface area (TPSA) is 43.0 Å². The molecule has 0 bridgehead atoms. The SMILES string of the molecule is COc1ccc([C@@H](CNCc2cc(OC)cc(OC)c2)N2CCCC2)cc1. The molecule has 146 valence electrons. The molecule has 0 radical (unpaired) electrons. The minimum absolute atomic E-state index is 0.367. The van der Waals surface area contributed by atoms with Crippen LogP contribution in [-0.2, 0) is 6.54 Å². The molecule has 27 heavy (non-hydrogen) atoms. The molecule has 0 amide bonds. The average Bonchev–Trinajstić information content (AvgIpc) is 3.25. The number of methoxy groups -OCH3 is 3. The van der Waals surface area contributed by atoms with E-state index in [0.717, 1.165) is 49.0 Å². The van der Waals surface area contributed by atoms with E-state index in [1.165, 1.54) is 18.4 Å². The number of hydrogen-bond acceptors (Lipinski definition) is 5. The molecular weight excluding hydrogens is 340 g/mol. The van der Waals surface area contributed by atoms with Crippen LogP contribution in [0, 0.1) is 0 Å². The molecule has 5 heteroatoms. The number of ether oxygens (including phenoxy) is 3. The summed E-state index contributed by atoms with van der Waals surface area (Å²) >= 11 is 0. The Kier molecular flexibility index (Phi) is 6.96. The maximum Gasteiger partial charge on any atom is 0.122 e. The molecule has 1 saturated heterocycles. The third-order valence-corrected chi connectivity index (χ3v) is 5.16. The summed E-state index contributed by atoms with van der Waals surface area (Å²) in [4.78, 5) is 2.57. The summed E-state index contributed by atoms with van der Waals surface area (Å²) in [7, 11) is 5.06. The van der Waals surface area contributed by atoms with E-state index in [1.807, 2.05) is 30.3 Å². The van der Waals surface area contributed by atoms with Crippen LogP contribution in [0.1, 0.15) is 30.0 Å². The quantitative estimate of drug-likeness (QED) is 0.730. The number of hydrogen-bond donors (Lipinski definition) is 1. The van der Waals surface area contributed by atoms with Crippen molar-refractivity contribution in [3.63, 3.8) is 0 Å². The van der Waals surface area contributed by atoms with Crippen LogP contribution in [0.25, 0.3) is 0 Å². The second-order valence-electron chi connectivity index (χ2n) is 6.88. The van der Waals surface area contributed by atoms with Crippen molar-refractivity contribution in [2.45, 2.75) is 25.4 Å². The maximum atomic E-state index is 5.37. The monoisotopic (exact) mass is 370 g/mol. The number of benzene rings is 2. The van der Waals surface area contributed by atoms with Gasteiger partial charge in [-0.3, -0.25) is 4.90 Å². The fraction of sp³-hybridized carbons (Fsp3) is 0.455. The Labute approximate surface area is 162 Å². The number of rotatable bonds is 9. The van der Waals surface area contributed by atoms with E-state index in [0.29, 0.717) is 6.04 Å². The highest BCUT2D eigenvalue weighted by atomic mass is 16.5. The predicted molar refractivity (Wildman–Crippen MR) is 108 cm³/mol. The Morgan fingerprint density at radius 1 is 0.852 bits per heavy atom. The van der Waals surface area contributed by atoms with Crippen molar-refractivity contribution in [2.75, 3.05) is 41.0 Å². The molecule has 2 aromatic rings. The fourth-order valence-electron chi connectivity index (χ4n) is 3.66. The first-order chi connectivity index (χ1) is 13.2. The van der Waals surface area contributed by atoms with E-state index in [9.17, 15) is 0 Å². The largest absolute Gasteiger partial charge is 0.497 e. The van der Waals surface area contributed by atoms with Gasteiger partial charge in [0.1, 0.15) is 17.2 Å². The summed E-state index contributed by atoms with van der Waals surface area (Å²) in [5.74, 6) is 2.53. The van der Waals surface area contributed by atoms with Gasteiger partial charge in [0.2, 0.25) is 0 Å². The van der Waals surface area contributed by atoms with Crippen molar-refractivity contribution in [1.82, 2.24) is 10.2 Å².